The molecular weight excluding hydrogens is 218 g/mol. The van der Waals surface area contributed by atoms with Crippen LogP contribution in [0.25, 0.3) is 0 Å². The zero-order chi connectivity index (χ0) is 13.4. The smallest absolute Gasteiger partial charge is 0.0195 e. The molecule has 18 heavy (non-hydrogen) atoms. The molecule has 0 unspecified atom stereocenters. The quantitative estimate of drug-likeness (QED) is 0.832. The Kier molecular flexibility index (Phi) is 3.55. The van der Waals surface area contributed by atoms with Gasteiger partial charge < -0.3 is 5.73 Å². The van der Waals surface area contributed by atoms with Gasteiger partial charge in [-0.3, -0.25) is 0 Å². The molecule has 1 nitrogen and oxygen atoms in total. The second-order valence-electron chi connectivity index (χ2n) is 7.12. The average molecular weight is 245 g/mol. The summed E-state index contributed by atoms with van der Waals surface area (Å²) >= 11 is 0. The van der Waals surface area contributed by atoms with Gasteiger partial charge in [0.15, 0.2) is 0 Å². The fourth-order valence-electron chi connectivity index (χ4n) is 2.92. The highest BCUT2D eigenvalue weighted by Crippen LogP contribution is 2.40. The third-order valence-electron chi connectivity index (χ3n) is 4.73. The zero-order valence-corrected chi connectivity index (χ0v) is 12.3. The first-order valence-corrected chi connectivity index (χ1v) is 7.15. The Bertz CT molecular complexity index is 421. The molecule has 0 heterocycles. The van der Waals surface area contributed by atoms with Crippen LogP contribution in [0, 0.1) is 19.3 Å². The minimum absolute atomic E-state index is 0.0250. The first-order valence-electron chi connectivity index (χ1n) is 7.15. The van der Waals surface area contributed by atoms with Crippen molar-refractivity contribution in [1.29, 1.82) is 0 Å². The fourth-order valence-corrected chi connectivity index (χ4v) is 2.92. The molecule has 1 saturated carbocycles. The van der Waals surface area contributed by atoms with Crippen molar-refractivity contribution in [2.45, 2.75) is 65.3 Å². The third-order valence-corrected chi connectivity index (χ3v) is 4.73. The second kappa shape index (κ2) is 4.70. The monoisotopic (exact) mass is 245 g/mol. The van der Waals surface area contributed by atoms with E-state index in [9.17, 15) is 0 Å². The van der Waals surface area contributed by atoms with E-state index in [1.807, 2.05) is 0 Å². The van der Waals surface area contributed by atoms with Gasteiger partial charge in [-0.1, -0.05) is 32.0 Å². The minimum atomic E-state index is 0.0250. The van der Waals surface area contributed by atoms with E-state index in [1.165, 1.54) is 29.5 Å². The Hall–Kier alpha value is -0.820. The first kappa shape index (κ1) is 13.6. The summed E-state index contributed by atoms with van der Waals surface area (Å²) in [5.74, 6) is 0. The van der Waals surface area contributed by atoms with Crippen LogP contribution >= 0.6 is 0 Å². The van der Waals surface area contributed by atoms with Crippen molar-refractivity contribution in [1.82, 2.24) is 0 Å². The highest BCUT2D eigenvalue weighted by Gasteiger charge is 2.35. The molecule has 2 N–H and O–H groups in total. The molecule has 1 fully saturated rings. The SMILES string of the molecule is Cc1ccc(CC2(N)CCC(C)(C)CC2)cc1C. The summed E-state index contributed by atoms with van der Waals surface area (Å²) in [6.07, 6.45) is 5.87. The van der Waals surface area contributed by atoms with Crippen molar-refractivity contribution >= 4 is 0 Å². The van der Waals surface area contributed by atoms with Crippen LogP contribution in [0.1, 0.15) is 56.2 Å². The molecule has 2 rings (SSSR count). The maximum atomic E-state index is 6.60. The zero-order valence-electron chi connectivity index (χ0n) is 12.3. The van der Waals surface area contributed by atoms with Crippen LogP contribution in [-0.4, -0.2) is 5.54 Å². The molecular formula is C17H27N. The Morgan fingerprint density at radius 3 is 2.17 bits per heavy atom. The van der Waals surface area contributed by atoms with E-state index in [2.05, 4.69) is 45.9 Å². The van der Waals surface area contributed by atoms with Gasteiger partial charge in [0.2, 0.25) is 0 Å². The van der Waals surface area contributed by atoms with Crippen LogP contribution in [0.5, 0.6) is 0 Å². The predicted octanol–water partition coefficient (Wildman–Crippen LogP) is 4.14. The summed E-state index contributed by atoms with van der Waals surface area (Å²) in [7, 11) is 0. The highest BCUT2D eigenvalue weighted by atomic mass is 14.7. The molecule has 0 saturated heterocycles. The normalized spacial score (nSPS) is 21.8. The van der Waals surface area contributed by atoms with Crippen molar-refractivity contribution in [2.75, 3.05) is 0 Å². The summed E-state index contributed by atoms with van der Waals surface area (Å²) in [5, 5.41) is 0. The molecule has 1 heteroatoms. The number of benzene rings is 1. The molecule has 0 amide bonds. The summed E-state index contributed by atoms with van der Waals surface area (Å²) < 4.78 is 0. The van der Waals surface area contributed by atoms with Crippen LogP contribution in [0.2, 0.25) is 0 Å². The highest BCUT2D eigenvalue weighted by molar-refractivity contribution is 5.31. The van der Waals surface area contributed by atoms with Crippen molar-refractivity contribution in [2.24, 2.45) is 11.1 Å². The Morgan fingerprint density at radius 1 is 1.00 bits per heavy atom. The van der Waals surface area contributed by atoms with Crippen molar-refractivity contribution in [3.63, 3.8) is 0 Å². The van der Waals surface area contributed by atoms with Gasteiger partial charge >= 0.3 is 0 Å². The molecule has 1 aromatic rings. The van der Waals surface area contributed by atoms with Crippen molar-refractivity contribution in [3.8, 4) is 0 Å². The maximum absolute atomic E-state index is 6.60. The summed E-state index contributed by atoms with van der Waals surface area (Å²) in [6.45, 7) is 9.08. The van der Waals surface area contributed by atoms with E-state index in [1.54, 1.807) is 0 Å². The van der Waals surface area contributed by atoms with Crippen LogP contribution in [0.15, 0.2) is 18.2 Å². The van der Waals surface area contributed by atoms with Crippen molar-refractivity contribution in [3.05, 3.63) is 34.9 Å². The van der Waals surface area contributed by atoms with Gasteiger partial charge in [0, 0.05) is 5.54 Å². The largest absolute Gasteiger partial charge is 0.325 e. The first-order chi connectivity index (χ1) is 8.30. The van der Waals surface area contributed by atoms with Gasteiger partial charge in [0.1, 0.15) is 0 Å². The third kappa shape index (κ3) is 3.14. The Labute approximate surface area is 112 Å². The van der Waals surface area contributed by atoms with E-state index in [0.29, 0.717) is 5.41 Å². The molecule has 1 aliphatic carbocycles. The van der Waals surface area contributed by atoms with Crippen LogP contribution < -0.4 is 5.73 Å². The standard InChI is InChI=1S/C17H27N/c1-13-5-6-15(11-14(13)2)12-17(18)9-7-16(3,4)8-10-17/h5-6,11H,7-10,12,18H2,1-4H3. The van der Waals surface area contributed by atoms with E-state index >= 15 is 0 Å². The fraction of sp³-hybridized carbons (Fsp3) is 0.647. The number of aryl methyl sites for hydroxylation is 2. The van der Waals surface area contributed by atoms with E-state index < -0.39 is 0 Å². The van der Waals surface area contributed by atoms with Gasteiger partial charge in [-0.25, -0.2) is 0 Å². The molecule has 0 aromatic heterocycles. The van der Waals surface area contributed by atoms with E-state index in [-0.39, 0.29) is 5.54 Å². The lowest BCUT2D eigenvalue weighted by molar-refractivity contribution is 0.164. The molecule has 0 bridgehead atoms. The van der Waals surface area contributed by atoms with E-state index in [0.717, 1.165) is 19.3 Å². The molecule has 0 radical (unpaired) electrons. The Morgan fingerprint density at radius 2 is 1.61 bits per heavy atom. The number of hydrogen-bond acceptors (Lipinski definition) is 1. The molecule has 0 aliphatic heterocycles. The van der Waals surface area contributed by atoms with Crippen LogP contribution in [-0.2, 0) is 6.42 Å². The summed E-state index contributed by atoms with van der Waals surface area (Å²) in [4.78, 5) is 0. The van der Waals surface area contributed by atoms with Crippen molar-refractivity contribution < 1.29 is 0 Å². The summed E-state index contributed by atoms with van der Waals surface area (Å²) in [5.41, 5.74) is 11.3. The molecule has 1 aliphatic rings. The molecule has 100 valence electrons. The number of rotatable bonds is 2. The summed E-state index contributed by atoms with van der Waals surface area (Å²) in [6, 6.07) is 6.78. The lowest BCUT2D eigenvalue weighted by Gasteiger charge is -2.41. The molecule has 1 aromatic carbocycles. The molecule has 0 spiro atoms. The Balaban J connectivity index is 2.07. The number of nitrogens with two attached hydrogens (primary N) is 1. The van der Waals surface area contributed by atoms with Gasteiger partial charge in [0.05, 0.1) is 0 Å². The minimum Gasteiger partial charge on any atom is -0.325 e. The second-order valence-corrected chi connectivity index (χ2v) is 7.12. The van der Waals surface area contributed by atoms with Gasteiger partial charge in [0.25, 0.3) is 0 Å². The van der Waals surface area contributed by atoms with Gasteiger partial charge in [-0.2, -0.15) is 0 Å². The average Bonchev–Trinajstić information content (AvgIpc) is 2.29. The molecule has 0 atom stereocenters. The van der Waals surface area contributed by atoms with Gasteiger partial charge in [-0.05, 0) is 68.1 Å². The van der Waals surface area contributed by atoms with Crippen LogP contribution in [0.3, 0.4) is 0 Å². The lowest BCUT2D eigenvalue weighted by Crippen LogP contribution is -2.46. The van der Waals surface area contributed by atoms with Crippen LogP contribution in [0.4, 0.5) is 0 Å². The number of hydrogen-bond donors (Lipinski definition) is 1. The lowest BCUT2D eigenvalue weighted by atomic mass is 9.68. The maximum Gasteiger partial charge on any atom is 0.0195 e. The topological polar surface area (TPSA) is 26.0 Å². The van der Waals surface area contributed by atoms with E-state index in [4.69, 9.17) is 5.73 Å². The van der Waals surface area contributed by atoms with Gasteiger partial charge in [-0.15, -0.1) is 0 Å². The predicted molar refractivity (Wildman–Crippen MR) is 78.8 cm³/mol.